The number of hydrogen-bond donors (Lipinski definition) is 0. The summed E-state index contributed by atoms with van der Waals surface area (Å²) in [6.45, 7) is 6.89. The fraction of sp³-hybridized carbons (Fsp3) is 0.579. The fourth-order valence-electron chi connectivity index (χ4n) is 4.16. The number of aryl methyl sites for hydroxylation is 2. The summed E-state index contributed by atoms with van der Waals surface area (Å²) in [6, 6.07) is 6.39. The first-order valence-corrected chi connectivity index (χ1v) is 8.80. The first-order valence-electron chi connectivity index (χ1n) is 8.42. The second-order valence-corrected chi connectivity index (χ2v) is 7.64. The van der Waals surface area contributed by atoms with Crippen LogP contribution in [0, 0.1) is 0 Å². The molecule has 0 saturated carbocycles. The van der Waals surface area contributed by atoms with Gasteiger partial charge in [-0.2, -0.15) is 0 Å². The van der Waals surface area contributed by atoms with E-state index in [9.17, 15) is 0 Å². The van der Waals surface area contributed by atoms with E-state index in [-0.39, 0.29) is 17.8 Å². The number of rotatable bonds is 4. The highest BCUT2D eigenvalue weighted by molar-refractivity contribution is 6.31. The molecule has 1 atom stereocenters. The average molecular weight is 355 g/mol. The molecule has 2 aromatic rings. The maximum absolute atomic E-state index is 6.27. The summed E-state index contributed by atoms with van der Waals surface area (Å²) in [5.41, 5.74) is 4.75. The number of nitrogens with zero attached hydrogens (tertiary/aromatic N) is 2. The number of halogens is 2. The third-order valence-electron chi connectivity index (χ3n) is 5.28. The lowest BCUT2D eigenvalue weighted by atomic mass is 9.72. The van der Waals surface area contributed by atoms with Crippen LogP contribution in [0.5, 0.6) is 0 Å². The largest absolute Gasteiger partial charge is 0.344 e. The van der Waals surface area contributed by atoms with Crippen molar-refractivity contribution < 1.29 is 0 Å². The Labute approximate surface area is 151 Å². The zero-order chi connectivity index (χ0) is 15.9. The lowest BCUT2D eigenvalue weighted by Gasteiger charge is -2.37. The molecule has 1 aliphatic rings. The van der Waals surface area contributed by atoms with Gasteiger partial charge >= 0.3 is 0 Å². The predicted molar refractivity (Wildman–Crippen MR) is 103 cm³/mol. The minimum absolute atomic E-state index is 0. The van der Waals surface area contributed by atoms with Gasteiger partial charge in [0.2, 0.25) is 0 Å². The standard InChI is InChI=1S/C19H27ClN2.ClH/c1-5-22-17-9-8-14(20)13-16(17)15-7-6-10-19(2,18(15)22)11-12-21(3)4;/h8-9,13H,5-7,10-12H2,1-4H3;1H. The minimum atomic E-state index is 0. The molecule has 0 aliphatic heterocycles. The average Bonchev–Trinajstić information content (AvgIpc) is 2.80. The van der Waals surface area contributed by atoms with Crippen LogP contribution >= 0.6 is 24.0 Å². The van der Waals surface area contributed by atoms with Crippen LogP contribution in [0.4, 0.5) is 0 Å². The zero-order valence-corrected chi connectivity index (χ0v) is 16.2. The van der Waals surface area contributed by atoms with Crippen molar-refractivity contribution >= 4 is 34.9 Å². The third kappa shape index (κ3) is 3.26. The molecule has 1 aromatic carbocycles. The molecule has 0 amide bonds. The van der Waals surface area contributed by atoms with Crippen molar-refractivity contribution in [2.75, 3.05) is 20.6 Å². The Hall–Kier alpha value is -0.700. The second-order valence-electron chi connectivity index (χ2n) is 7.20. The van der Waals surface area contributed by atoms with Gasteiger partial charge in [-0.1, -0.05) is 18.5 Å². The summed E-state index contributed by atoms with van der Waals surface area (Å²) >= 11 is 6.27. The maximum atomic E-state index is 6.27. The highest BCUT2D eigenvalue weighted by Gasteiger charge is 2.36. The van der Waals surface area contributed by atoms with E-state index in [4.69, 9.17) is 11.6 Å². The quantitative estimate of drug-likeness (QED) is 0.724. The summed E-state index contributed by atoms with van der Waals surface area (Å²) < 4.78 is 2.54. The van der Waals surface area contributed by atoms with Crippen LogP contribution in [-0.2, 0) is 18.4 Å². The monoisotopic (exact) mass is 354 g/mol. The highest BCUT2D eigenvalue weighted by Crippen LogP contribution is 2.44. The highest BCUT2D eigenvalue weighted by atomic mass is 35.5. The van der Waals surface area contributed by atoms with Crippen molar-refractivity contribution in [1.82, 2.24) is 9.47 Å². The lowest BCUT2D eigenvalue weighted by Crippen LogP contribution is -2.33. The molecule has 0 bridgehead atoms. The molecule has 23 heavy (non-hydrogen) atoms. The molecular weight excluding hydrogens is 327 g/mol. The van der Waals surface area contributed by atoms with Gasteiger partial charge < -0.3 is 9.47 Å². The number of hydrogen-bond acceptors (Lipinski definition) is 1. The van der Waals surface area contributed by atoms with Crippen LogP contribution in [0.15, 0.2) is 18.2 Å². The van der Waals surface area contributed by atoms with Crippen molar-refractivity contribution in [3.63, 3.8) is 0 Å². The molecule has 1 unspecified atom stereocenters. The van der Waals surface area contributed by atoms with Gasteiger partial charge in [-0.25, -0.2) is 0 Å². The number of fused-ring (bicyclic) bond motifs is 3. The normalized spacial score (nSPS) is 20.6. The van der Waals surface area contributed by atoms with Gasteiger partial charge in [0.15, 0.2) is 0 Å². The molecule has 0 fully saturated rings. The molecule has 2 nitrogen and oxygen atoms in total. The molecule has 0 N–H and O–H groups in total. The number of benzene rings is 1. The Morgan fingerprint density at radius 2 is 2.04 bits per heavy atom. The van der Waals surface area contributed by atoms with E-state index in [2.05, 4.69) is 49.5 Å². The summed E-state index contributed by atoms with van der Waals surface area (Å²) in [5, 5.41) is 2.23. The molecule has 1 aliphatic carbocycles. The second kappa shape index (κ2) is 7.04. The zero-order valence-electron chi connectivity index (χ0n) is 14.7. The van der Waals surface area contributed by atoms with Gasteiger partial charge in [-0.3, -0.25) is 0 Å². The minimum Gasteiger partial charge on any atom is -0.344 e. The van der Waals surface area contributed by atoms with E-state index in [0.717, 1.165) is 18.1 Å². The molecule has 1 aromatic heterocycles. The van der Waals surface area contributed by atoms with Gasteiger partial charge in [-0.15, -0.1) is 12.4 Å². The van der Waals surface area contributed by atoms with E-state index in [1.54, 1.807) is 11.3 Å². The Morgan fingerprint density at radius 1 is 1.30 bits per heavy atom. The van der Waals surface area contributed by atoms with Crippen LogP contribution in [0.3, 0.4) is 0 Å². The molecule has 0 saturated heterocycles. The smallest absolute Gasteiger partial charge is 0.0486 e. The van der Waals surface area contributed by atoms with Crippen molar-refractivity contribution in [3.8, 4) is 0 Å². The lowest BCUT2D eigenvalue weighted by molar-refractivity contribution is 0.289. The first-order chi connectivity index (χ1) is 10.5. The van der Waals surface area contributed by atoms with Crippen molar-refractivity contribution in [2.24, 2.45) is 0 Å². The van der Waals surface area contributed by atoms with Crippen molar-refractivity contribution in [1.29, 1.82) is 0 Å². The topological polar surface area (TPSA) is 8.17 Å². The van der Waals surface area contributed by atoms with Gasteiger partial charge in [0.25, 0.3) is 0 Å². The molecule has 1 heterocycles. The van der Waals surface area contributed by atoms with E-state index >= 15 is 0 Å². The van der Waals surface area contributed by atoms with Gasteiger partial charge in [0, 0.05) is 33.6 Å². The van der Waals surface area contributed by atoms with E-state index in [1.165, 1.54) is 36.6 Å². The molecular formula is C19H28Cl2N2. The van der Waals surface area contributed by atoms with E-state index in [1.807, 2.05) is 6.07 Å². The summed E-state index contributed by atoms with van der Waals surface area (Å²) in [5.74, 6) is 0. The summed E-state index contributed by atoms with van der Waals surface area (Å²) in [7, 11) is 4.34. The Balaban J connectivity index is 0.00000192. The molecule has 128 valence electrons. The van der Waals surface area contributed by atoms with E-state index in [0.29, 0.717) is 0 Å². The SMILES string of the molecule is CCn1c2c(c3cc(Cl)ccc31)CCCC2(C)CCN(C)C.Cl. The van der Waals surface area contributed by atoms with Crippen LogP contribution in [0.1, 0.15) is 44.4 Å². The van der Waals surface area contributed by atoms with Crippen molar-refractivity contribution in [3.05, 3.63) is 34.5 Å². The van der Waals surface area contributed by atoms with E-state index < -0.39 is 0 Å². The Morgan fingerprint density at radius 3 is 2.70 bits per heavy atom. The molecule has 0 radical (unpaired) electrons. The summed E-state index contributed by atoms with van der Waals surface area (Å²) in [6.07, 6.45) is 4.98. The predicted octanol–water partition coefficient (Wildman–Crippen LogP) is 5.28. The first kappa shape index (κ1) is 18.6. The van der Waals surface area contributed by atoms with Crippen LogP contribution in [0.2, 0.25) is 5.02 Å². The Kier molecular flexibility index (Phi) is 5.71. The van der Waals surface area contributed by atoms with Crippen LogP contribution in [0.25, 0.3) is 10.9 Å². The van der Waals surface area contributed by atoms with Crippen molar-refractivity contribution in [2.45, 2.75) is 51.5 Å². The Bertz CT molecular complexity index is 690. The molecule has 0 spiro atoms. The molecule has 4 heteroatoms. The maximum Gasteiger partial charge on any atom is 0.0486 e. The number of aromatic nitrogens is 1. The van der Waals surface area contributed by atoms with Crippen LogP contribution in [-0.4, -0.2) is 30.1 Å². The van der Waals surface area contributed by atoms with Gasteiger partial charge in [0.1, 0.15) is 0 Å². The fourth-order valence-corrected chi connectivity index (χ4v) is 4.33. The van der Waals surface area contributed by atoms with Gasteiger partial charge in [-0.05, 0) is 77.0 Å². The summed E-state index contributed by atoms with van der Waals surface area (Å²) in [4.78, 5) is 2.30. The van der Waals surface area contributed by atoms with Gasteiger partial charge in [0.05, 0.1) is 0 Å². The molecule has 3 rings (SSSR count). The van der Waals surface area contributed by atoms with Crippen LogP contribution < -0.4 is 0 Å². The third-order valence-corrected chi connectivity index (χ3v) is 5.52.